The molecular weight excluding hydrogens is 304 g/mol. The number of hydrogen-bond acceptors (Lipinski definition) is 3. The first-order chi connectivity index (χ1) is 9.15. The molecule has 0 fully saturated rings. The van der Waals surface area contributed by atoms with Crippen molar-refractivity contribution in [2.75, 3.05) is 33.7 Å². The maximum absolute atomic E-state index is 5.92. The summed E-state index contributed by atoms with van der Waals surface area (Å²) in [4.78, 5) is 2.23. The Morgan fingerprint density at radius 1 is 1.37 bits per heavy atom. The summed E-state index contributed by atoms with van der Waals surface area (Å²) in [5, 5.41) is 3.50. The normalized spacial score (nSPS) is 17.6. The van der Waals surface area contributed by atoms with E-state index in [1.807, 2.05) is 6.07 Å². The predicted octanol–water partition coefficient (Wildman–Crippen LogP) is 2.68. The zero-order chi connectivity index (χ0) is 13.7. The van der Waals surface area contributed by atoms with Gasteiger partial charge in [-0.05, 0) is 63.8 Å². The monoisotopic (exact) mass is 326 g/mol. The molecule has 1 unspecified atom stereocenters. The van der Waals surface area contributed by atoms with Gasteiger partial charge in [-0.15, -0.1) is 0 Å². The number of nitrogens with one attached hydrogen (secondary N) is 1. The summed E-state index contributed by atoms with van der Waals surface area (Å²) in [5.41, 5.74) is 1.31. The van der Waals surface area contributed by atoms with Crippen LogP contribution in [0.2, 0.25) is 0 Å². The van der Waals surface area contributed by atoms with E-state index >= 15 is 0 Å². The Balaban J connectivity index is 1.62. The van der Waals surface area contributed by atoms with Crippen molar-refractivity contribution in [3.8, 4) is 5.75 Å². The van der Waals surface area contributed by atoms with Gasteiger partial charge < -0.3 is 15.0 Å². The molecule has 0 saturated carbocycles. The number of fused-ring (bicyclic) bond motifs is 1. The molecule has 0 radical (unpaired) electrons. The van der Waals surface area contributed by atoms with Crippen molar-refractivity contribution in [2.45, 2.75) is 25.4 Å². The maximum atomic E-state index is 5.92. The summed E-state index contributed by atoms with van der Waals surface area (Å²) in [5.74, 6) is 1.04. The highest BCUT2D eigenvalue weighted by molar-refractivity contribution is 9.10. The van der Waals surface area contributed by atoms with E-state index < -0.39 is 0 Å². The van der Waals surface area contributed by atoms with Crippen molar-refractivity contribution in [1.82, 2.24) is 10.2 Å². The molecule has 0 aliphatic carbocycles. The van der Waals surface area contributed by atoms with E-state index in [2.05, 4.69) is 52.4 Å². The Hall–Kier alpha value is -0.580. The number of unbranched alkanes of at least 4 members (excludes halogenated alkanes) is 1. The molecule has 106 valence electrons. The summed E-state index contributed by atoms with van der Waals surface area (Å²) < 4.78 is 7.05. The molecule has 0 bridgehead atoms. The van der Waals surface area contributed by atoms with Gasteiger partial charge in [0.05, 0.1) is 0 Å². The van der Waals surface area contributed by atoms with Crippen LogP contribution in [-0.4, -0.2) is 44.7 Å². The van der Waals surface area contributed by atoms with Crippen molar-refractivity contribution < 1.29 is 4.74 Å². The van der Waals surface area contributed by atoms with E-state index in [4.69, 9.17) is 4.74 Å². The second-order valence-corrected chi connectivity index (χ2v) is 6.33. The Morgan fingerprint density at radius 3 is 3.00 bits per heavy atom. The van der Waals surface area contributed by atoms with Crippen LogP contribution in [0.25, 0.3) is 0 Å². The van der Waals surface area contributed by atoms with Crippen LogP contribution in [0.1, 0.15) is 18.4 Å². The first-order valence-corrected chi connectivity index (χ1v) is 7.75. The first-order valence-electron chi connectivity index (χ1n) is 6.95. The number of halogens is 1. The van der Waals surface area contributed by atoms with E-state index in [0.29, 0.717) is 0 Å². The van der Waals surface area contributed by atoms with Gasteiger partial charge in [0.25, 0.3) is 0 Å². The minimum absolute atomic E-state index is 0.290. The molecule has 1 N–H and O–H groups in total. The first kappa shape index (κ1) is 14.8. The highest BCUT2D eigenvalue weighted by Crippen LogP contribution is 2.30. The molecule has 0 spiro atoms. The van der Waals surface area contributed by atoms with Crippen molar-refractivity contribution >= 4 is 15.9 Å². The van der Waals surface area contributed by atoms with Crippen LogP contribution in [0.4, 0.5) is 0 Å². The van der Waals surface area contributed by atoms with E-state index in [9.17, 15) is 0 Å². The van der Waals surface area contributed by atoms with Gasteiger partial charge in [-0.2, -0.15) is 0 Å². The second-order valence-electron chi connectivity index (χ2n) is 5.41. The molecule has 1 heterocycles. The van der Waals surface area contributed by atoms with Gasteiger partial charge in [-0.25, -0.2) is 0 Å². The van der Waals surface area contributed by atoms with Crippen molar-refractivity contribution in [3.05, 3.63) is 28.2 Å². The molecule has 0 saturated heterocycles. The highest BCUT2D eigenvalue weighted by atomic mass is 79.9. The average molecular weight is 327 g/mol. The number of benzene rings is 1. The fourth-order valence-corrected chi connectivity index (χ4v) is 2.75. The fraction of sp³-hybridized carbons (Fsp3) is 0.600. The highest BCUT2D eigenvalue weighted by Gasteiger charge is 2.22. The summed E-state index contributed by atoms with van der Waals surface area (Å²) in [6.07, 6.45) is 3.78. The molecule has 2 rings (SSSR count). The number of hydrogen-bond donors (Lipinski definition) is 1. The van der Waals surface area contributed by atoms with Crippen LogP contribution in [-0.2, 0) is 6.42 Å². The van der Waals surface area contributed by atoms with Crippen LogP contribution in [0.15, 0.2) is 22.7 Å². The molecule has 1 aromatic carbocycles. The molecule has 19 heavy (non-hydrogen) atoms. The summed E-state index contributed by atoms with van der Waals surface area (Å²) in [7, 11) is 4.24. The SMILES string of the molecule is CN(C)CCCCNCC1Cc2cc(Br)ccc2O1. The number of rotatable bonds is 7. The Labute approximate surface area is 124 Å². The van der Waals surface area contributed by atoms with Crippen LogP contribution in [0.3, 0.4) is 0 Å². The molecular formula is C15H23BrN2O. The predicted molar refractivity (Wildman–Crippen MR) is 82.9 cm³/mol. The standard InChI is InChI=1S/C15H23BrN2O/c1-18(2)8-4-3-7-17-11-14-10-12-9-13(16)5-6-15(12)19-14/h5-6,9,14,17H,3-4,7-8,10-11H2,1-2H3. The lowest BCUT2D eigenvalue weighted by molar-refractivity contribution is 0.227. The van der Waals surface area contributed by atoms with E-state index in [1.54, 1.807) is 0 Å². The average Bonchev–Trinajstić information content (AvgIpc) is 2.75. The molecule has 0 amide bonds. The molecule has 3 nitrogen and oxygen atoms in total. The van der Waals surface area contributed by atoms with Gasteiger partial charge in [-0.3, -0.25) is 0 Å². The van der Waals surface area contributed by atoms with Crippen molar-refractivity contribution in [2.24, 2.45) is 0 Å². The van der Waals surface area contributed by atoms with Gasteiger partial charge >= 0.3 is 0 Å². The molecule has 1 atom stereocenters. The van der Waals surface area contributed by atoms with Crippen molar-refractivity contribution in [1.29, 1.82) is 0 Å². The lowest BCUT2D eigenvalue weighted by Gasteiger charge is -2.12. The Morgan fingerprint density at radius 2 is 2.21 bits per heavy atom. The smallest absolute Gasteiger partial charge is 0.123 e. The second kappa shape index (κ2) is 7.27. The molecule has 4 heteroatoms. The molecule has 1 aliphatic heterocycles. The van der Waals surface area contributed by atoms with Crippen LogP contribution >= 0.6 is 15.9 Å². The Kier molecular flexibility index (Phi) is 5.67. The zero-order valence-corrected chi connectivity index (χ0v) is 13.4. The lowest BCUT2D eigenvalue weighted by atomic mass is 10.1. The summed E-state index contributed by atoms with van der Waals surface area (Å²) in [6, 6.07) is 6.25. The third-order valence-corrected chi connectivity index (χ3v) is 3.84. The van der Waals surface area contributed by atoms with Gasteiger partial charge in [-0.1, -0.05) is 15.9 Å². The quantitative estimate of drug-likeness (QED) is 0.780. The minimum atomic E-state index is 0.290. The van der Waals surface area contributed by atoms with Crippen molar-refractivity contribution in [3.63, 3.8) is 0 Å². The maximum Gasteiger partial charge on any atom is 0.123 e. The Bertz CT molecular complexity index is 409. The molecule has 0 aromatic heterocycles. The molecule has 1 aromatic rings. The topological polar surface area (TPSA) is 24.5 Å². The minimum Gasteiger partial charge on any atom is -0.488 e. The number of ether oxygens (including phenoxy) is 1. The summed E-state index contributed by atoms with van der Waals surface area (Å²) >= 11 is 3.50. The van der Waals surface area contributed by atoms with Crippen LogP contribution in [0, 0.1) is 0 Å². The van der Waals surface area contributed by atoms with E-state index in [1.165, 1.54) is 24.9 Å². The van der Waals surface area contributed by atoms with E-state index in [0.717, 1.165) is 29.7 Å². The van der Waals surface area contributed by atoms with Crippen LogP contribution in [0.5, 0.6) is 5.75 Å². The zero-order valence-electron chi connectivity index (χ0n) is 11.8. The van der Waals surface area contributed by atoms with Gasteiger partial charge in [0.15, 0.2) is 0 Å². The lowest BCUT2D eigenvalue weighted by Crippen LogP contribution is -2.31. The van der Waals surface area contributed by atoms with Crippen LogP contribution < -0.4 is 10.1 Å². The van der Waals surface area contributed by atoms with Gasteiger partial charge in [0.1, 0.15) is 11.9 Å². The molecule has 1 aliphatic rings. The summed E-state index contributed by atoms with van der Waals surface area (Å²) in [6.45, 7) is 3.18. The third kappa shape index (κ3) is 4.79. The third-order valence-electron chi connectivity index (χ3n) is 3.34. The van der Waals surface area contributed by atoms with E-state index in [-0.39, 0.29) is 6.10 Å². The largest absolute Gasteiger partial charge is 0.488 e. The fourth-order valence-electron chi connectivity index (χ4n) is 2.34. The van der Waals surface area contributed by atoms with Gasteiger partial charge in [0.2, 0.25) is 0 Å². The number of nitrogens with zero attached hydrogens (tertiary/aromatic N) is 1. The van der Waals surface area contributed by atoms with Gasteiger partial charge in [0, 0.05) is 17.4 Å².